The lowest BCUT2D eigenvalue weighted by atomic mass is 9.88. The number of carbonyl (C=O) groups excluding carboxylic acids is 2. The Morgan fingerprint density at radius 2 is 1.87 bits per heavy atom. The highest BCUT2D eigenvalue weighted by Crippen LogP contribution is 2.32. The Morgan fingerprint density at radius 1 is 1.20 bits per heavy atom. The van der Waals surface area contributed by atoms with Gasteiger partial charge < -0.3 is 4.90 Å². The first-order valence-electron chi connectivity index (χ1n) is 10.9. The summed E-state index contributed by atoms with van der Waals surface area (Å²) >= 11 is 1.66. The lowest BCUT2D eigenvalue weighted by Gasteiger charge is -2.33. The maximum Gasteiger partial charge on any atom is 0.250 e. The molecule has 3 N–H and O–H groups in total. The minimum Gasteiger partial charge on any atom is -0.342 e. The first-order valence-corrected chi connectivity index (χ1v) is 11.7. The van der Waals surface area contributed by atoms with E-state index >= 15 is 0 Å². The number of nitrogens with zero attached hydrogens (tertiary/aromatic N) is 2. The number of nitrogens with two attached hydrogens (primary N) is 1. The molecule has 0 saturated carbocycles. The topological polar surface area (TPSA) is 88.3 Å². The van der Waals surface area contributed by atoms with E-state index in [1.165, 1.54) is 5.56 Å². The molecule has 162 valence electrons. The van der Waals surface area contributed by atoms with Crippen LogP contribution >= 0.6 is 11.3 Å². The van der Waals surface area contributed by atoms with Gasteiger partial charge in [-0.1, -0.05) is 44.5 Å². The van der Waals surface area contributed by atoms with Crippen molar-refractivity contribution in [2.24, 2.45) is 5.84 Å². The van der Waals surface area contributed by atoms with Gasteiger partial charge in [0.15, 0.2) is 0 Å². The minimum atomic E-state index is -0.910. The van der Waals surface area contributed by atoms with Gasteiger partial charge in [0, 0.05) is 30.6 Å². The molecule has 0 spiro atoms. The van der Waals surface area contributed by atoms with E-state index in [-0.39, 0.29) is 5.91 Å². The quantitative estimate of drug-likeness (QED) is 0.289. The van der Waals surface area contributed by atoms with E-state index in [1.54, 1.807) is 16.2 Å². The van der Waals surface area contributed by atoms with Crippen LogP contribution in [0.25, 0.3) is 0 Å². The van der Waals surface area contributed by atoms with Crippen LogP contribution in [0.1, 0.15) is 79.8 Å². The van der Waals surface area contributed by atoms with E-state index in [4.69, 9.17) is 5.84 Å². The summed E-state index contributed by atoms with van der Waals surface area (Å²) in [6.45, 7) is 5.64. The molecule has 2 unspecified atom stereocenters. The molecule has 2 amide bonds. The van der Waals surface area contributed by atoms with Gasteiger partial charge in [-0.2, -0.15) is 0 Å². The summed E-state index contributed by atoms with van der Waals surface area (Å²) in [7, 11) is 0. The number of rotatable bonds is 8. The maximum atomic E-state index is 13.3. The molecule has 0 radical (unpaired) electrons. The molecule has 1 fully saturated rings. The van der Waals surface area contributed by atoms with Crippen molar-refractivity contribution in [3.8, 4) is 0 Å². The molecule has 2 atom stereocenters. The van der Waals surface area contributed by atoms with Crippen LogP contribution in [0.4, 0.5) is 0 Å². The van der Waals surface area contributed by atoms with Crippen molar-refractivity contribution in [1.29, 1.82) is 0 Å². The fraction of sp³-hybridized carbons (Fsp3) is 0.522. The third kappa shape index (κ3) is 5.08. The molecular weight excluding hydrogens is 396 g/mol. The second-order valence-corrected chi connectivity index (χ2v) is 8.90. The van der Waals surface area contributed by atoms with Gasteiger partial charge >= 0.3 is 0 Å². The maximum absolute atomic E-state index is 13.3. The SMILES string of the molecule is CCCC(CC)c1ccc(C(C(=O)NN)C(=O)N2CCC(c3nccs3)CC2)cc1. The van der Waals surface area contributed by atoms with Crippen molar-refractivity contribution in [2.75, 3.05) is 13.1 Å². The summed E-state index contributed by atoms with van der Waals surface area (Å²) < 4.78 is 0. The van der Waals surface area contributed by atoms with E-state index in [0.29, 0.717) is 30.5 Å². The Balaban J connectivity index is 1.73. The number of carbonyl (C=O) groups is 2. The molecule has 2 aromatic rings. The third-order valence-corrected chi connectivity index (χ3v) is 7.07. The lowest BCUT2D eigenvalue weighted by Crippen LogP contribution is -2.46. The molecule has 2 heterocycles. The second-order valence-electron chi connectivity index (χ2n) is 7.97. The van der Waals surface area contributed by atoms with Gasteiger partial charge in [-0.3, -0.25) is 15.0 Å². The van der Waals surface area contributed by atoms with Crippen LogP contribution in [0.2, 0.25) is 0 Å². The number of likely N-dealkylation sites (tertiary alicyclic amines) is 1. The number of hydrogen-bond acceptors (Lipinski definition) is 5. The zero-order chi connectivity index (χ0) is 21.5. The fourth-order valence-corrected chi connectivity index (χ4v) is 5.18. The molecule has 7 heteroatoms. The molecule has 1 aliphatic rings. The Labute approximate surface area is 182 Å². The van der Waals surface area contributed by atoms with E-state index in [2.05, 4.69) is 36.4 Å². The minimum absolute atomic E-state index is 0.177. The lowest BCUT2D eigenvalue weighted by molar-refractivity contribution is -0.139. The Kier molecular flexibility index (Phi) is 7.99. The summed E-state index contributed by atoms with van der Waals surface area (Å²) in [5.41, 5.74) is 4.14. The average Bonchev–Trinajstić information content (AvgIpc) is 3.33. The Bertz CT molecular complexity index is 814. The monoisotopic (exact) mass is 428 g/mol. The average molecular weight is 429 g/mol. The molecule has 0 aliphatic carbocycles. The molecule has 1 aliphatic heterocycles. The summed E-state index contributed by atoms with van der Waals surface area (Å²) in [6, 6.07) is 7.93. The van der Waals surface area contributed by atoms with Gasteiger partial charge in [0.05, 0.1) is 5.01 Å². The van der Waals surface area contributed by atoms with Crippen molar-refractivity contribution >= 4 is 23.2 Å². The van der Waals surface area contributed by atoms with Crippen molar-refractivity contribution in [3.63, 3.8) is 0 Å². The molecule has 3 rings (SSSR count). The van der Waals surface area contributed by atoms with Gasteiger partial charge in [0.25, 0.3) is 5.91 Å². The molecule has 6 nitrogen and oxygen atoms in total. The number of nitrogens with one attached hydrogen (secondary N) is 1. The number of thiazole rings is 1. The van der Waals surface area contributed by atoms with E-state index in [0.717, 1.165) is 37.1 Å². The normalized spacial score (nSPS) is 16.8. The zero-order valence-corrected chi connectivity index (χ0v) is 18.7. The highest BCUT2D eigenvalue weighted by atomic mass is 32.1. The molecular formula is C23H32N4O2S. The number of hydrogen-bond donors (Lipinski definition) is 2. The number of aromatic nitrogens is 1. The summed E-state index contributed by atoms with van der Waals surface area (Å²) in [6.07, 6.45) is 6.90. The van der Waals surface area contributed by atoms with Crippen molar-refractivity contribution < 1.29 is 9.59 Å². The smallest absolute Gasteiger partial charge is 0.250 e. The van der Waals surface area contributed by atoms with Gasteiger partial charge in [-0.25, -0.2) is 10.8 Å². The van der Waals surface area contributed by atoms with Crippen LogP contribution in [0.5, 0.6) is 0 Å². The van der Waals surface area contributed by atoms with Crippen LogP contribution in [0, 0.1) is 0 Å². The van der Waals surface area contributed by atoms with Crippen LogP contribution < -0.4 is 11.3 Å². The Morgan fingerprint density at radius 3 is 2.40 bits per heavy atom. The van der Waals surface area contributed by atoms with Gasteiger partial charge in [-0.05, 0) is 42.7 Å². The second kappa shape index (κ2) is 10.7. The van der Waals surface area contributed by atoms with Crippen molar-refractivity contribution in [3.05, 3.63) is 52.0 Å². The van der Waals surface area contributed by atoms with Gasteiger partial charge in [-0.15, -0.1) is 11.3 Å². The standard InChI is InChI=1S/C23H32N4O2S/c1-3-5-16(4-2)17-6-8-18(9-7-17)20(21(28)26-24)23(29)27-13-10-19(11-14-27)22-25-12-15-30-22/h6-9,12,15-16,19-20H,3-5,10-11,13-14,24H2,1-2H3,(H,26,28). The van der Waals surface area contributed by atoms with Crippen LogP contribution in [0.3, 0.4) is 0 Å². The van der Waals surface area contributed by atoms with Crippen molar-refractivity contribution in [1.82, 2.24) is 15.3 Å². The summed E-state index contributed by atoms with van der Waals surface area (Å²) in [4.78, 5) is 32.0. The first kappa shape index (κ1) is 22.4. The number of hydrazine groups is 1. The molecule has 0 bridgehead atoms. The number of amides is 2. The summed E-state index contributed by atoms with van der Waals surface area (Å²) in [5.74, 6) is 4.77. The predicted molar refractivity (Wildman–Crippen MR) is 120 cm³/mol. The Hall–Kier alpha value is -2.25. The zero-order valence-electron chi connectivity index (χ0n) is 17.8. The molecule has 30 heavy (non-hydrogen) atoms. The van der Waals surface area contributed by atoms with Gasteiger partial charge in [0.2, 0.25) is 5.91 Å². The number of piperidine rings is 1. The highest BCUT2D eigenvalue weighted by molar-refractivity contribution is 7.09. The van der Waals surface area contributed by atoms with Crippen LogP contribution in [-0.2, 0) is 9.59 Å². The van der Waals surface area contributed by atoms with E-state index in [9.17, 15) is 9.59 Å². The van der Waals surface area contributed by atoms with Gasteiger partial charge in [0.1, 0.15) is 5.92 Å². The molecule has 1 saturated heterocycles. The van der Waals surface area contributed by atoms with E-state index < -0.39 is 11.8 Å². The van der Waals surface area contributed by atoms with Crippen LogP contribution in [0.15, 0.2) is 35.8 Å². The first-order chi connectivity index (χ1) is 14.6. The molecule has 1 aromatic carbocycles. The largest absolute Gasteiger partial charge is 0.342 e. The highest BCUT2D eigenvalue weighted by Gasteiger charge is 2.34. The third-order valence-electron chi connectivity index (χ3n) is 6.13. The van der Waals surface area contributed by atoms with E-state index in [1.807, 2.05) is 23.7 Å². The molecule has 1 aromatic heterocycles. The fourth-order valence-electron chi connectivity index (χ4n) is 4.37. The van der Waals surface area contributed by atoms with Crippen LogP contribution in [-0.4, -0.2) is 34.8 Å². The summed E-state index contributed by atoms with van der Waals surface area (Å²) in [5, 5.41) is 3.12. The van der Waals surface area contributed by atoms with Crippen molar-refractivity contribution in [2.45, 2.75) is 63.7 Å². The predicted octanol–water partition coefficient (Wildman–Crippen LogP) is 3.92. The number of benzene rings is 1.